The minimum absolute atomic E-state index is 0.0712. The van der Waals surface area contributed by atoms with Crippen molar-refractivity contribution in [2.75, 3.05) is 5.75 Å². The highest BCUT2D eigenvalue weighted by molar-refractivity contribution is 7.99. The van der Waals surface area contributed by atoms with Crippen LogP contribution in [0.3, 0.4) is 0 Å². The van der Waals surface area contributed by atoms with E-state index in [1.54, 1.807) is 22.9 Å². The van der Waals surface area contributed by atoms with Gasteiger partial charge in [-0.25, -0.2) is 10.4 Å². The zero-order valence-electron chi connectivity index (χ0n) is 17.8. The largest absolute Gasteiger partial charge is 0.272 e. The SMILES string of the molecule is Cc1ccccc1C=NNC(=O)CSc1nc2ccccc2c(=O)n1-c1ccccc1C. The number of hydrogen-bond acceptors (Lipinski definition) is 5. The van der Waals surface area contributed by atoms with Crippen LogP contribution in [0.4, 0.5) is 0 Å². The summed E-state index contributed by atoms with van der Waals surface area (Å²) in [4.78, 5) is 30.4. The summed E-state index contributed by atoms with van der Waals surface area (Å²) in [7, 11) is 0. The molecule has 0 bridgehead atoms. The maximum Gasteiger partial charge on any atom is 0.266 e. The molecule has 32 heavy (non-hydrogen) atoms. The third kappa shape index (κ3) is 4.63. The second kappa shape index (κ2) is 9.62. The summed E-state index contributed by atoms with van der Waals surface area (Å²) in [6, 6.07) is 22.6. The first kappa shape index (κ1) is 21.5. The van der Waals surface area contributed by atoms with Gasteiger partial charge >= 0.3 is 0 Å². The summed E-state index contributed by atoms with van der Waals surface area (Å²) >= 11 is 1.20. The molecule has 0 aliphatic heterocycles. The molecule has 6 nitrogen and oxygen atoms in total. The number of thioether (sulfide) groups is 1. The summed E-state index contributed by atoms with van der Waals surface area (Å²) in [5.74, 6) is -0.208. The number of para-hydroxylation sites is 2. The molecule has 0 fully saturated rings. The zero-order chi connectivity index (χ0) is 22.5. The van der Waals surface area contributed by atoms with Gasteiger partial charge in [-0.05, 0) is 48.7 Å². The van der Waals surface area contributed by atoms with Gasteiger partial charge in [0.15, 0.2) is 5.16 Å². The van der Waals surface area contributed by atoms with E-state index in [4.69, 9.17) is 0 Å². The third-order valence-corrected chi connectivity index (χ3v) is 5.95. The lowest BCUT2D eigenvalue weighted by atomic mass is 10.1. The predicted molar refractivity (Wildman–Crippen MR) is 130 cm³/mol. The molecule has 1 heterocycles. The second-order valence-corrected chi connectivity index (χ2v) is 8.22. The van der Waals surface area contributed by atoms with Gasteiger partial charge in [0, 0.05) is 0 Å². The van der Waals surface area contributed by atoms with Crippen LogP contribution in [0.25, 0.3) is 16.6 Å². The molecule has 0 saturated heterocycles. The molecule has 0 aliphatic carbocycles. The second-order valence-electron chi connectivity index (χ2n) is 7.28. The molecule has 0 aliphatic rings. The minimum atomic E-state index is -0.279. The van der Waals surface area contributed by atoms with E-state index in [9.17, 15) is 9.59 Å². The average Bonchev–Trinajstić information content (AvgIpc) is 2.80. The Labute approximate surface area is 190 Å². The number of fused-ring (bicyclic) bond motifs is 1. The Morgan fingerprint density at radius 2 is 1.69 bits per heavy atom. The van der Waals surface area contributed by atoms with Gasteiger partial charge in [-0.1, -0.05) is 66.4 Å². The molecule has 0 atom stereocenters. The van der Waals surface area contributed by atoms with E-state index in [0.29, 0.717) is 16.1 Å². The van der Waals surface area contributed by atoms with Crippen LogP contribution in [0.15, 0.2) is 87.8 Å². The van der Waals surface area contributed by atoms with Crippen LogP contribution in [-0.4, -0.2) is 27.4 Å². The average molecular weight is 443 g/mol. The van der Waals surface area contributed by atoms with E-state index in [0.717, 1.165) is 22.4 Å². The van der Waals surface area contributed by atoms with E-state index < -0.39 is 0 Å². The Balaban J connectivity index is 1.59. The summed E-state index contributed by atoms with van der Waals surface area (Å²) < 4.78 is 1.58. The molecule has 4 rings (SSSR count). The Morgan fingerprint density at radius 3 is 2.47 bits per heavy atom. The number of aromatic nitrogens is 2. The molecule has 0 saturated carbocycles. The van der Waals surface area contributed by atoms with Crippen molar-refractivity contribution in [3.05, 3.63) is 99.8 Å². The minimum Gasteiger partial charge on any atom is -0.272 e. The molecule has 7 heteroatoms. The van der Waals surface area contributed by atoms with Crippen LogP contribution < -0.4 is 11.0 Å². The van der Waals surface area contributed by atoms with E-state index in [-0.39, 0.29) is 17.2 Å². The molecule has 1 amide bonds. The fourth-order valence-corrected chi connectivity index (χ4v) is 4.10. The highest BCUT2D eigenvalue weighted by Crippen LogP contribution is 2.23. The molecular formula is C25H22N4O2S. The van der Waals surface area contributed by atoms with Crippen molar-refractivity contribution < 1.29 is 4.79 Å². The lowest BCUT2D eigenvalue weighted by Crippen LogP contribution is -2.24. The van der Waals surface area contributed by atoms with Gasteiger partial charge in [-0.2, -0.15) is 5.10 Å². The smallest absolute Gasteiger partial charge is 0.266 e. The van der Waals surface area contributed by atoms with Crippen molar-refractivity contribution >= 4 is 34.8 Å². The van der Waals surface area contributed by atoms with E-state index in [1.807, 2.05) is 74.5 Å². The van der Waals surface area contributed by atoms with Gasteiger partial charge in [-0.15, -0.1) is 0 Å². The zero-order valence-corrected chi connectivity index (χ0v) is 18.6. The van der Waals surface area contributed by atoms with Crippen LogP contribution in [-0.2, 0) is 4.79 Å². The third-order valence-electron chi connectivity index (χ3n) is 5.01. The van der Waals surface area contributed by atoms with Gasteiger partial charge in [-0.3, -0.25) is 14.2 Å². The number of carbonyl (C=O) groups excluding carboxylic acids is 1. The predicted octanol–water partition coefficient (Wildman–Crippen LogP) is 4.24. The maximum atomic E-state index is 13.3. The number of carbonyl (C=O) groups is 1. The standard InChI is InChI=1S/C25H22N4O2S/c1-17-9-3-5-11-19(17)15-26-28-23(30)16-32-25-27-21-13-7-6-12-20(21)24(31)29(25)22-14-8-4-10-18(22)2/h3-15H,16H2,1-2H3,(H,28,30). The quantitative estimate of drug-likeness (QED) is 0.210. The molecule has 0 unspecified atom stereocenters. The van der Waals surface area contributed by atoms with E-state index in [1.165, 1.54) is 11.8 Å². The molecule has 4 aromatic rings. The Hall–Kier alpha value is -3.71. The van der Waals surface area contributed by atoms with Crippen molar-refractivity contribution in [2.45, 2.75) is 19.0 Å². The number of benzene rings is 3. The number of rotatable bonds is 6. The van der Waals surface area contributed by atoms with Gasteiger partial charge in [0.25, 0.3) is 11.5 Å². The number of nitrogens with one attached hydrogen (secondary N) is 1. The maximum absolute atomic E-state index is 13.3. The summed E-state index contributed by atoms with van der Waals surface area (Å²) in [6.07, 6.45) is 1.62. The summed E-state index contributed by atoms with van der Waals surface area (Å²) in [5, 5.41) is 5.04. The van der Waals surface area contributed by atoms with Crippen molar-refractivity contribution in [2.24, 2.45) is 5.10 Å². The van der Waals surface area contributed by atoms with Crippen LogP contribution in [0, 0.1) is 13.8 Å². The van der Waals surface area contributed by atoms with Gasteiger partial charge in [0.05, 0.1) is 28.6 Å². The number of nitrogens with zero attached hydrogens (tertiary/aromatic N) is 3. The van der Waals surface area contributed by atoms with E-state index >= 15 is 0 Å². The Morgan fingerprint density at radius 1 is 1.00 bits per heavy atom. The van der Waals surface area contributed by atoms with E-state index in [2.05, 4.69) is 15.5 Å². The Bertz CT molecular complexity index is 1380. The molecule has 160 valence electrons. The molecule has 3 aromatic carbocycles. The fraction of sp³-hybridized carbons (Fsp3) is 0.120. The van der Waals surface area contributed by atoms with Crippen LogP contribution in [0.1, 0.15) is 16.7 Å². The fourth-order valence-electron chi connectivity index (χ4n) is 3.30. The van der Waals surface area contributed by atoms with Crippen LogP contribution >= 0.6 is 11.8 Å². The van der Waals surface area contributed by atoms with Gasteiger partial charge < -0.3 is 0 Å². The van der Waals surface area contributed by atoms with Crippen molar-refractivity contribution in [3.63, 3.8) is 0 Å². The monoisotopic (exact) mass is 442 g/mol. The first-order valence-electron chi connectivity index (χ1n) is 10.1. The number of hydrazone groups is 1. The van der Waals surface area contributed by atoms with Crippen molar-refractivity contribution in [3.8, 4) is 5.69 Å². The first-order chi connectivity index (χ1) is 15.5. The number of amides is 1. The first-order valence-corrected chi connectivity index (χ1v) is 11.1. The molecule has 0 spiro atoms. The number of hydrogen-bond donors (Lipinski definition) is 1. The van der Waals surface area contributed by atoms with Crippen LogP contribution in [0.5, 0.6) is 0 Å². The number of aryl methyl sites for hydroxylation is 2. The molecule has 1 N–H and O–H groups in total. The van der Waals surface area contributed by atoms with Crippen molar-refractivity contribution in [1.82, 2.24) is 15.0 Å². The lowest BCUT2D eigenvalue weighted by Gasteiger charge is -2.14. The van der Waals surface area contributed by atoms with Gasteiger partial charge in [0.1, 0.15) is 0 Å². The summed E-state index contributed by atoms with van der Waals surface area (Å²) in [6.45, 7) is 3.92. The molecule has 1 aromatic heterocycles. The highest BCUT2D eigenvalue weighted by atomic mass is 32.2. The van der Waals surface area contributed by atoms with Gasteiger partial charge in [0.2, 0.25) is 0 Å². The highest BCUT2D eigenvalue weighted by Gasteiger charge is 2.15. The summed E-state index contributed by atoms with van der Waals surface area (Å²) in [5.41, 5.74) is 6.68. The van der Waals surface area contributed by atoms with Crippen molar-refractivity contribution in [1.29, 1.82) is 0 Å². The molecule has 0 radical (unpaired) electrons. The molecular weight excluding hydrogens is 420 g/mol. The normalized spacial score (nSPS) is 11.2. The Kier molecular flexibility index (Phi) is 6.47. The lowest BCUT2D eigenvalue weighted by molar-refractivity contribution is -0.118. The van der Waals surface area contributed by atoms with Crippen LogP contribution in [0.2, 0.25) is 0 Å². The topological polar surface area (TPSA) is 76.3 Å².